The molecule has 5 rings (SSSR count). The number of rotatable bonds is 4. The van der Waals surface area contributed by atoms with Gasteiger partial charge in [0.1, 0.15) is 9.90 Å². The second-order valence-electron chi connectivity index (χ2n) is 7.78. The number of nitrogens with zero attached hydrogens (tertiary/aromatic N) is 4. The summed E-state index contributed by atoms with van der Waals surface area (Å²) in [6, 6.07) is 8.01. The van der Waals surface area contributed by atoms with Crippen LogP contribution in [0, 0.1) is 6.92 Å². The first-order chi connectivity index (χ1) is 14.4. The van der Waals surface area contributed by atoms with Gasteiger partial charge in [0, 0.05) is 31.9 Å². The average Bonchev–Trinajstić information content (AvgIpc) is 3.34. The molecule has 2 saturated heterocycles. The molecule has 0 N–H and O–H groups in total. The van der Waals surface area contributed by atoms with Gasteiger partial charge in [-0.1, -0.05) is 29.0 Å². The maximum Gasteiger partial charge on any atom is 0.340 e. The molecule has 2 fully saturated rings. The smallest absolute Gasteiger partial charge is 0.340 e. The van der Waals surface area contributed by atoms with Crippen LogP contribution >= 0.6 is 11.3 Å². The van der Waals surface area contributed by atoms with E-state index in [1.165, 1.54) is 47.3 Å². The standard InChI is InChI=1S/C20H22N4O4S2/c1-14-4-6-16(7-5-14)30(26,27)28-17-11-18(25)24-13-19(29-20(24)21-17)23-10-9-22-8-2-3-15(22)12-23/h4-7,11,13,15H,2-3,8-10,12H2,1H3/t15-/m1/s1. The zero-order chi connectivity index (χ0) is 20.9. The molecule has 0 bridgehead atoms. The summed E-state index contributed by atoms with van der Waals surface area (Å²) in [4.78, 5) is 22.1. The molecule has 1 atom stereocenters. The molecule has 1 aromatic carbocycles. The van der Waals surface area contributed by atoms with Crippen LogP contribution in [0.15, 0.2) is 46.2 Å². The van der Waals surface area contributed by atoms with Gasteiger partial charge in [-0.25, -0.2) is 0 Å². The van der Waals surface area contributed by atoms with Crippen LogP contribution in [0.1, 0.15) is 18.4 Å². The summed E-state index contributed by atoms with van der Waals surface area (Å²) in [7, 11) is -4.06. The van der Waals surface area contributed by atoms with E-state index in [1.54, 1.807) is 18.3 Å². The van der Waals surface area contributed by atoms with Gasteiger partial charge in [-0.15, -0.1) is 0 Å². The van der Waals surface area contributed by atoms with Crippen LogP contribution in [0.5, 0.6) is 5.88 Å². The van der Waals surface area contributed by atoms with Gasteiger partial charge in [0.2, 0.25) is 10.8 Å². The Morgan fingerprint density at radius 1 is 1.17 bits per heavy atom. The third kappa shape index (κ3) is 3.59. The summed E-state index contributed by atoms with van der Waals surface area (Å²) in [5.74, 6) is -0.213. The van der Waals surface area contributed by atoms with Crippen LogP contribution in [0.2, 0.25) is 0 Å². The molecule has 8 nitrogen and oxygen atoms in total. The van der Waals surface area contributed by atoms with Crippen molar-refractivity contribution in [2.45, 2.75) is 30.7 Å². The van der Waals surface area contributed by atoms with Crippen LogP contribution in [0.4, 0.5) is 5.00 Å². The molecule has 0 radical (unpaired) electrons. The fraction of sp³-hybridized carbons (Fsp3) is 0.400. The molecular weight excluding hydrogens is 424 g/mol. The quantitative estimate of drug-likeness (QED) is 0.568. The highest BCUT2D eigenvalue weighted by Gasteiger charge is 2.31. The first kappa shape index (κ1) is 19.5. The molecule has 0 spiro atoms. The minimum absolute atomic E-state index is 0.0244. The number of thiazole rings is 1. The Morgan fingerprint density at radius 3 is 2.77 bits per heavy atom. The Hall–Kier alpha value is -2.43. The van der Waals surface area contributed by atoms with Crippen molar-refractivity contribution in [3.8, 4) is 5.88 Å². The Bertz CT molecular complexity index is 1250. The number of aryl methyl sites for hydroxylation is 1. The lowest BCUT2D eigenvalue weighted by Crippen LogP contribution is -2.50. The Kier molecular flexibility index (Phi) is 4.79. The fourth-order valence-electron chi connectivity index (χ4n) is 4.12. The number of fused-ring (bicyclic) bond motifs is 2. The van der Waals surface area contributed by atoms with Gasteiger partial charge in [-0.3, -0.25) is 14.1 Å². The minimum atomic E-state index is -4.06. The van der Waals surface area contributed by atoms with E-state index >= 15 is 0 Å². The second-order valence-corrected chi connectivity index (χ2v) is 10.3. The largest absolute Gasteiger partial charge is 0.359 e. The van der Waals surface area contributed by atoms with Gasteiger partial charge >= 0.3 is 10.1 Å². The SMILES string of the molecule is Cc1ccc(S(=O)(=O)Oc2cc(=O)n3cc(N4CCN5CCC[C@@H]5C4)sc3n2)cc1. The van der Waals surface area contributed by atoms with E-state index < -0.39 is 10.1 Å². The van der Waals surface area contributed by atoms with Gasteiger partial charge in [0.15, 0.2) is 0 Å². The lowest BCUT2D eigenvalue weighted by molar-refractivity contribution is 0.231. The molecule has 0 amide bonds. The third-order valence-electron chi connectivity index (χ3n) is 5.74. The van der Waals surface area contributed by atoms with Crippen molar-refractivity contribution in [3.05, 3.63) is 52.4 Å². The lowest BCUT2D eigenvalue weighted by atomic mass is 10.2. The van der Waals surface area contributed by atoms with Crippen molar-refractivity contribution < 1.29 is 12.6 Å². The van der Waals surface area contributed by atoms with Gasteiger partial charge in [0.05, 0.1) is 6.07 Å². The van der Waals surface area contributed by atoms with Crippen LogP contribution in [0.25, 0.3) is 4.96 Å². The summed E-state index contributed by atoms with van der Waals surface area (Å²) < 4.78 is 31.7. The van der Waals surface area contributed by atoms with E-state index in [0.717, 1.165) is 36.3 Å². The molecule has 4 heterocycles. The number of aromatic nitrogens is 2. The molecule has 2 aromatic heterocycles. The third-order valence-corrected chi connectivity index (χ3v) is 8.02. The minimum Gasteiger partial charge on any atom is -0.359 e. The van der Waals surface area contributed by atoms with Crippen LogP contribution < -0.4 is 14.6 Å². The van der Waals surface area contributed by atoms with E-state index in [9.17, 15) is 13.2 Å². The molecule has 2 aliphatic heterocycles. The monoisotopic (exact) mass is 446 g/mol. The first-order valence-corrected chi connectivity index (χ1v) is 12.1. The first-order valence-electron chi connectivity index (χ1n) is 9.92. The summed E-state index contributed by atoms with van der Waals surface area (Å²) in [5, 5.41) is 0.963. The van der Waals surface area contributed by atoms with Crippen molar-refractivity contribution in [2.24, 2.45) is 0 Å². The molecule has 2 aliphatic rings. The van der Waals surface area contributed by atoms with E-state index in [-0.39, 0.29) is 16.3 Å². The highest BCUT2D eigenvalue weighted by Crippen LogP contribution is 2.30. The van der Waals surface area contributed by atoms with Crippen LogP contribution in [-0.4, -0.2) is 54.9 Å². The van der Waals surface area contributed by atoms with Crippen molar-refractivity contribution in [1.29, 1.82) is 0 Å². The summed E-state index contributed by atoms with van der Waals surface area (Å²) in [6.45, 7) is 5.90. The second kappa shape index (κ2) is 7.36. The predicted molar refractivity (Wildman–Crippen MR) is 115 cm³/mol. The van der Waals surface area contributed by atoms with Crippen molar-refractivity contribution in [1.82, 2.24) is 14.3 Å². The zero-order valence-corrected chi connectivity index (χ0v) is 18.2. The summed E-state index contributed by atoms with van der Waals surface area (Å²) in [6.07, 6.45) is 4.23. The molecular formula is C20H22N4O4S2. The van der Waals surface area contributed by atoms with Gasteiger partial charge in [0.25, 0.3) is 5.56 Å². The van der Waals surface area contributed by atoms with Crippen molar-refractivity contribution in [2.75, 3.05) is 31.1 Å². The Labute approximate surface area is 178 Å². The number of piperazine rings is 1. The normalized spacial score (nSPS) is 19.9. The Morgan fingerprint density at radius 2 is 1.97 bits per heavy atom. The van der Waals surface area contributed by atoms with Gasteiger partial charge in [-0.05, 0) is 38.4 Å². The number of hydrogen-bond donors (Lipinski definition) is 0. The number of benzene rings is 1. The van der Waals surface area contributed by atoms with Gasteiger partial charge < -0.3 is 9.08 Å². The van der Waals surface area contributed by atoms with E-state index in [4.69, 9.17) is 4.18 Å². The summed E-state index contributed by atoms with van der Waals surface area (Å²) >= 11 is 1.37. The van der Waals surface area contributed by atoms with Crippen LogP contribution in [0.3, 0.4) is 0 Å². The molecule has 3 aromatic rings. The maximum absolute atomic E-state index is 12.6. The molecule has 0 saturated carbocycles. The van der Waals surface area contributed by atoms with E-state index in [0.29, 0.717) is 11.0 Å². The number of anilines is 1. The van der Waals surface area contributed by atoms with E-state index in [1.807, 2.05) is 6.92 Å². The lowest BCUT2D eigenvalue weighted by Gasteiger charge is -2.37. The molecule has 10 heteroatoms. The predicted octanol–water partition coefficient (Wildman–Crippen LogP) is 2.12. The zero-order valence-electron chi connectivity index (χ0n) is 16.5. The Balaban J connectivity index is 1.42. The molecule has 0 unspecified atom stereocenters. The molecule has 158 valence electrons. The highest BCUT2D eigenvalue weighted by atomic mass is 32.2. The molecule has 30 heavy (non-hydrogen) atoms. The molecule has 0 aliphatic carbocycles. The van der Waals surface area contributed by atoms with E-state index in [2.05, 4.69) is 14.8 Å². The summed E-state index contributed by atoms with van der Waals surface area (Å²) in [5.41, 5.74) is 0.576. The average molecular weight is 447 g/mol. The highest BCUT2D eigenvalue weighted by molar-refractivity contribution is 7.87. The maximum atomic E-state index is 12.6. The van der Waals surface area contributed by atoms with Crippen LogP contribution in [-0.2, 0) is 10.1 Å². The van der Waals surface area contributed by atoms with Crippen molar-refractivity contribution in [3.63, 3.8) is 0 Å². The fourth-order valence-corrected chi connectivity index (χ4v) is 6.01. The van der Waals surface area contributed by atoms with Gasteiger partial charge in [-0.2, -0.15) is 13.4 Å². The number of hydrogen-bond acceptors (Lipinski definition) is 8. The topological polar surface area (TPSA) is 84.2 Å². The van der Waals surface area contributed by atoms with Crippen molar-refractivity contribution >= 4 is 31.4 Å².